The number of hydrogen-bond acceptors (Lipinski definition) is 4. The van der Waals surface area contributed by atoms with Crippen molar-refractivity contribution in [3.63, 3.8) is 0 Å². The molecule has 1 aliphatic heterocycles. The number of carbonyl (C=O) groups excluding carboxylic acids is 1. The molecule has 1 fully saturated rings. The third-order valence-electron chi connectivity index (χ3n) is 4.36. The monoisotopic (exact) mass is 437 g/mol. The van der Waals surface area contributed by atoms with Crippen LogP contribution in [0.1, 0.15) is 0 Å². The fourth-order valence-electron chi connectivity index (χ4n) is 2.96. The molecule has 138 valence electrons. The summed E-state index contributed by atoms with van der Waals surface area (Å²) in [6, 6.07) is 13.5. The summed E-state index contributed by atoms with van der Waals surface area (Å²) in [5.41, 5.74) is 1.78. The summed E-state index contributed by atoms with van der Waals surface area (Å²) >= 11 is 9.51. The van der Waals surface area contributed by atoms with Crippen molar-refractivity contribution >= 4 is 44.8 Å². The highest BCUT2D eigenvalue weighted by atomic mass is 79.9. The van der Waals surface area contributed by atoms with Crippen molar-refractivity contribution in [2.45, 2.75) is 0 Å². The van der Waals surface area contributed by atoms with Gasteiger partial charge in [-0.25, -0.2) is 0 Å². The van der Waals surface area contributed by atoms with Crippen LogP contribution in [0.2, 0.25) is 5.02 Å². The molecule has 0 unspecified atom stereocenters. The molecule has 3 rings (SSSR count). The first-order valence-electron chi connectivity index (χ1n) is 8.41. The predicted molar refractivity (Wildman–Crippen MR) is 109 cm³/mol. The summed E-state index contributed by atoms with van der Waals surface area (Å²) in [7, 11) is 1.67. The fourth-order valence-corrected chi connectivity index (χ4v) is 3.68. The SMILES string of the molecule is COc1cccc(N2CCN(CC(=O)Nc3ccc(Br)cc3Cl)CC2)c1. The zero-order valence-corrected chi connectivity index (χ0v) is 16.9. The summed E-state index contributed by atoms with van der Waals surface area (Å²) in [5, 5.41) is 3.40. The Morgan fingerprint density at radius 3 is 2.65 bits per heavy atom. The summed E-state index contributed by atoms with van der Waals surface area (Å²) in [6.45, 7) is 3.77. The molecule has 1 N–H and O–H groups in total. The van der Waals surface area contributed by atoms with Crippen LogP contribution in [0.4, 0.5) is 11.4 Å². The first-order chi connectivity index (χ1) is 12.5. The fraction of sp³-hybridized carbons (Fsp3) is 0.316. The van der Waals surface area contributed by atoms with E-state index in [-0.39, 0.29) is 5.91 Å². The Morgan fingerprint density at radius 2 is 1.96 bits per heavy atom. The molecule has 0 bridgehead atoms. The number of rotatable bonds is 5. The number of methoxy groups -OCH3 is 1. The maximum Gasteiger partial charge on any atom is 0.238 e. The Morgan fingerprint density at radius 1 is 1.19 bits per heavy atom. The van der Waals surface area contributed by atoms with E-state index in [4.69, 9.17) is 16.3 Å². The van der Waals surface area contributed by atoms with E-state index in [1.54, 1.807) is 19.2 Å². The van der Waals surface area contributed by atoms with Crippen molar-refractivity contribution in [1.29, 1.82) is 0 Å². The highest BCUT2D eigenvalue weighted by Gasteiger charge is 2.20. The number of nitrogens with zero attached hydrogens (tertiary/aromatic N) is 2. The minimum absolute atomic E-state index is 0.0518. The van der Waals surface area contributed by atoms with Crippen LogP contribution in [0.3, 0.4) is 0 Å². The van der Waals surface area contributed by atoms with Crippen molar-refractivity contribution in [1.82, 2.24) is 4.90 Å². The van der Waals surface area contributed by atoms with Gasteiger partial charge in [0.1, 0.15) is 5.75 Å². The number of anilines is 2. The van der Waals surface area contributed by atoms with Gasteiger partial charge in [-0.3, -0.25) is 9.69 Å². The summed E-state index contributed by atoms with van der Waals surface area (Å²) in [6.07, 6.45) is 0. The van der Waals surface area contributed by atoms with Gasteiger partial charge in [-0.15, -0.1) is 0 Å². The van der Waals surface area contributed by atoms with E-state index < -0.39 is 0 Å². The second kappa shape index (κ2) is 8.75. The van der Waals surface area contributed by atoms with Gasteiger partial charge in [0.05, 0.1) is 24.4 Å². The average Bonchev–Trinajstić information content (AvgIpc) is 2.65. The van der Waals surface area contributed by atoms with Gasteiger partial charge in [0, 0.05) is 42.4 Å². The molecule has 7 heteroatoms. The maximum absolute atomic E-state index is 12.3. The molecule has 0 aliphatic carbocycles. The number of piperazine rings is 1. The molecule has 0 radical (unpaired) electrons. The van der Waals surface area contributed by atoms with E-state index in [0.29, 0.717) is 17.3 Å². The van der Waals surface area contributed by atoms with Gasteiger partial charge >= 0.3 is 0 Å². The third kappa shape index (κ3) is 4.90. The van der Waals surface area contributed by atoms with Crippen LogP contribution in [0.25, 0.3) is 0 Å². The molecule has 5 nitrogen and oxygen atoms in total. The van der Waals surface area contributed by atoms with Gasteiger partial charge in [0.2, 0.25) is 5.91 Å². The van der Waals surface area contributed by atoms with Gasteiger partial charge < -0.3 is 15.0 Å². The average molecular weight is 439 g/mol. The van der Waals surface area contributed by atoms with Crippen molar-refractivity contribution in [2.24, 2.45) is 0 Å². The van der Waals surface area contributed by atoms with Crippen LogP contribution in [0.15, 0.2) is 46.9 Å². The van der Waals surface area contributed by atoms with Crippen LogP contribution in [-0.2, 0) is 4.79 Å². The largest absolute Gasteiger partial charge is 0.497 e. The number of carbonyl (C=O) groups is 1. The molecule has 0 aromatic heterocycles. The smallest absolute Gasteiger partial charge is 0.238 e. The zero-order valence-electron chi connectivity index (χ0n) is 14.5. The minimum atomic E-state index is -0.0518. The van der Waals surface area contributed by atoms with Crippen LogP contribution < -0.4 is 15.0 Å². The van der Waals surface area contributed by atoms with E-state index in [9.17, 15) is 4.79 Å². The van der Waals surface area contributed by atoms with Gasteiger partial charge in [-0.1, -0.05) is 33.6 Å². The lowest BCUT2D eigenvalue weighted by Crippen LogP contribution is -2.48. The van der Waals surface area contributed by atoms with E-state index in [1.165, 1.54) is 0 Å². The molecule has 1 heterocycles. The minimum Gasteiger partial charge on any atom is -0.497 e. The molecule has 26 heavy (non-hydrogen) atoms. The number of ether oxygens (including phenoxy) is 1. The van der Waals surface area contributed by atoms with Crippen molar-refractivity contribution in [3.8, 4) is 5.75 Å². The van der Waals surface area contributed by atoms with Crippen LogP contribution in [-0.4, -0.2) is 50.6 Å². The van der Waals surface area contributed by atoms with Gasteiger partial charge in [0.15, 0.2) is 0 Å². The van der Waals surface area contributed by atoms with Crippen LogP contribution >= 0.6 is 27.5 Å². The Balaban J connectivity index is 1.51. The second-order valence-corrected chi connectivity index (χ2v) is 7.46. The molecular formula is C19H21BrClN3O2. The van der Waals surface area contributed by atoms with Gasteiger partial charge in [0.25, 0.3) is 0 Å². The molecular weight excluding hydrogens is 418 g/mol. The van der Waals surface area contributed by atoms with Gasteiger partial charge in [-0.05, 0) is 30.3 Å². The number of hydrogen-bond donors (Lipinski definition) is 1. The number of nitrogens with one attached hydrogen (secondary N) is 1. The third-order valence-corrected chi connectivity index (χ3v) is 5.17. The van der Waals surface area contributed by atoms with E-state index in [1.807, 2.05) is 24.3 Å². The lowest BCUT2D eigenvalue weighted by Gasteiger charge is -2.35. The number of amides is 1. The van der Waals surface area contributed by atoms with E-state index >= 15 is 0 Å². The van der Waals surface area contributed by atoms with Crippen LogP contribution in [0.5, 0.6) is 5.75 Å². The van der Waals surface area contributed by atoms with E-state index in [2.05, 4.69) is 37.1 Å². The Bertz CT molecular complexity index is 779. The molecule has 0 atom stereocenters. The molecule has 0 saturated carbocycles. The lowest BCUT2D eigenvalue weighted by atomic mass is 10.2. The Labute approximate surface area is 167 Å². The van der Waals surface area contributed by atoms with Gasteiger partial charge in [-0.2, -0.15) is 0 Å². The molecule has 2 aromatic carbocycles. The van der Waals surface area contributed by atoms with Crippen molar-refractivity contribution < 1.29 is 9.53 Å². The Hall–Kier alpha value is -1.76. The summed E-state index contributed by atoms with van der Waals surface area (Å²) < 4.78 is 6.17. The first kappa shape index (κ1) is 19.0. The Kier molecular flexibility index (Phi) is 6.40. The maximum atomic E-state index is 12.3. The molecule has 1 aliphatic rings. The van der Waals surface area contributed by atoms with Crippen molar-refractivity contribution in [3.05, 3.63) is 52.0 Å². The highest BCUT2D eigenvalue weighted by Crippen LogP contribution is 2.26. The van der Waals surface area contributed by atoms with Crippen molar-refractivity contribution in [2.75, 3.05) is 50.1 Å². The second-order valence-electron chi connectivity index (χ2n) is 6.14. The number of benzene rings is 2. The molecule has 0 spiro atoms. The molecule has 2 aromatic rings. The zero-order chi connectivity index (χ0) is 18.5. The lowest BCUT2D eigenvalue weighted by molar-refractivity contribution is -0.117. The van der Waals surface area contributed by atoms with E-state index in [0.717, 1.165) is 42.1 Å². The molecule has 1 amide bonds. The number of halogens is 2. The topological polar surface area (TPSA) is 44.8 Å². The predicted octanol–water partition coefficient (Wildman–Crippen LogP) is 3.87. The summed E-state index contributed by atoms with van der Waals surface area (Å²) in [5.74, 6) is 0.805. The first-order valence-corrected chi connectivity index (χ1v) is 9.58. The highest BCUT2D eigenvalue weighted by molar-refractivity contribution is 9.10. The molecule has 1 saturated heterocycles. The normalized spacial score (nSPS) is 15.0. The quantitative estimate of drug-likeness (QED) is 0.770. The van der Waals surface area contributed by atoms with Crippen LogP contribution in [0, 0.1) is 0 Å². The standard InChI is InChI=1S/C19H21BrClN3O2/c1-26-16-4-2-3-15(12-16)24-9-7-23(8-10-24)13-19(25)22-18-6-5-14(20)11-17(18)21/h2-6,11-12H,7-10,13H2,1H3,(H,22,25). The summed E-state index contributed by atoms with van der Waals surface area (Å²) in [4.78, 5) is 16.8.